The summed E-state index contributed by atoms with van der Waals surface area (Å²) in [5, 5.41) is 11.8. The average molecular weight is 258 g/mol. The molecule has 1 aromatic heterocycles. The van der Waals surface area contributed by atoms with Crippen molar-refractivity contribution in [3.63, 3.8) is 0 Å². The number of nitro groups is 1. The summed E-state index contributed by atoms with van der Waals surface area (Å²) in [5.74, 6) is 0.133. The normalized spacial score (nSPS) is 14.2. The summed E-state index contributed by atoms with van der Waals surface area (Å²) >= 11 is 0. The summed E-state index contributed by atoms with van der Waals surface area (Å²) in [6.07, 6.45) is 0. The predicted octanol–water partition coefficient (Wildman–Crippen LogP) is 1.50. The van der Waals surface area contributed by atoms with Crippen LogP contribution in [-0.4, -0.2) is 29.0 Å². The Morgan fingerprint density at radius 3 is 2.84 bits per heavy atom. The smallest absolute Gasteiger partial charge is 0.324 e. The number of nitrogens with zero attached hydrogens (tertiary/aromatic N) is 3. The molecule has 0 saturated heterocycles. The maximum absolute atomic E-state index is 11.2. The number of hydrogen-bond donors (Lipinski definition) is 1. The third kappa shape index (κ3) is 1.75. The number of aliphatic imine (C=N–C) groups is 1. The highest BCUT2D eigenvalue weighted by atomic mass is 16.6. The van der Waals surface area contributed by atoms with E-state index < -0.39 is 4.92 Å². The van der Waals surface area contributed by atoms with E-state index in [0.717, 1.165) is 0 Å². The van der Waals surface area contributed by atoms with E-state index in [1.54, 1.807) is 24.3 Å². The molecular weight excluding hydrogens is 248 g/mol. The van der Waals surface area contributed by atoms with E-state index in [9.17, 15) is 10.1 Å². The van der Waals surface area contributed by atoms with Gasteiger partial charge in [0.25, 0.3) is 0 Å². The second kappa shape index (κ2) is 4.20. The highest BCUT2D eigenvalue weighted by Gasteiger charge is 2.29. The first-order valence-electron chi connectivity index (χ1n) is 5.68. The summed E-state index contributed by atoms with van der Waals surface area (Å²) < 4.78 is 5.36. The SMILES string of the molecule is Nc1nc2ccccc2c(C2=NCCO2)c1[N+](=O)[O-]. The number of nitrogens with two attached hydrogens (primary N) is 1. The first-order chi connectivity index (χ1) is 9.18. The van der Waals surface area contributed by atoms with Crippen molar-refractivity contribution in [2.45, 2.75) is 0 Å². The van der Waals surface area contributed by atoms with E-state index in [4.69, 9.17) is 10.5 Å². The van der Waals surface area contributed by atoms with Crippen LogP contribution in [0.1, 0.15) is 5.56 Å². The number of para-hydroxylation sites is 1. The number of pyridine rings is 1. The van der Waals surface area contributed by atoms with Crippen LogP contribution in [0.25, 0.3) is 10.9 Å². The lowest BCUT2D eigenvalue weighted by Crippen LogP contribution is -2.10. The number of aromatic nitrogens is 1. The standard InChI is InChI=1S/C12H10N4O3/c13-11-10(16(17)18)9(12-14-5-6-19-12)7-3-1-2-4-8(7)15-11/h1-4H,5-6H2,(H2,13,15). The molecule has 0 spiro atoms. The summed E-state index contributed by atoms with van der Waals surface area (Å²) in [4.78, 5) is 18.9. The molecule has 1 aliphatic heterocycles. The highest BCUT2D eigenvalue weighted by molar-refractivity contribution is 6.11. The quantitative estimate of drug-likeness (QED) is 0.649. The van der Waals surface area contributed by atoms with Gasteiger partial charge in [0.2, 0.25) is 11.7 Å². The Balaban J connectivity index is 2.42. The zero-order chi connectivity index (χ0) is 13.4. The zero-order valence-corrected chi connectivity index (χ0v) is 9.87. The Bertz CT molecular complexity index is 711. The number of nitrogen functional groups attached to an aromatic ring is 1. The van der Waals surface area contributed by atoms with Crippen LogP contribution in [0.4, 0.5) is 11.5 Å². The second-order valence-electron chi connectivity index (χ2n) is 4.03. The van der Waals surface area contributed by atoms with Gasteiger partial charge in [-0.1, -0.05) is 18.2 Å². The number of anilines is 1. The largest absolute Gasteiger partial charge is 0.475 e. The topological polar surface area (TPSA) is 104 Å². The molecule has 0 amide bonds. The minimum Gasteiger partial charge on any atom is -0.475 e. The van der Waals surface area contributed by atoms with Gasteiger partial charge in [0.15, 0.2) is 0 Å². The zero-order valence-electron chi connectivity index (χ0n) is 9.87. The molecular formula is C12H10N4O3. The van der Waals surface area contributed by atoms with Gasteiger partial charge < -0.3 is 10.5 Å². The second-order valence-corrected chi connectivity index (χ2v) is 4.03. The summed E-state index contributed by atoms with van der Waals surface area (Å²) in [5.41, 5.74) is 6.34. The van der Waals surface area contributed by atoms with Gasteiger partial charge in [-0.05, 0) is 6.07 Å². The Morgan fingerprint density at radius 1 is 1.37 bits per heavy atom. The average Bonchev–Trinajstić information content (AvgIpc) is 2.90. The third-order valence-electron chi connectivity index (χ3n) is 2.88. The molecule has 1 aliphatic rings. The molecule has 19 heavy (non-hydrogen) atoms. The van der Waals surface area contributed by atoms with Crippen LogP contribution in [-0.2, 0) is 4.74 Å². The maximum Gasteiger partial charge on any atom is 0.324 e. The molecule has 0 bridgehead atoms. The van der Waals surface area contributed by atoms with Crippen molar-refractivity contribution in [3.05, 3.63) is 39.9 Å². The van der Waals surface area contributed by atoms with E-state index >= 15 is 0 Å². The van der Waals surface area contributed by atoms with Gasteiger partial charge in [0.1, 0.15) is 12.2 Å². The lowest BCUT2D eigenvalue weighted by Gasteiger charge is -2.08. The molecule has 7 nitrogen and oxygen atoms in total. The Hall–Kier alpha value is -2.70. The number of ether oxygens (including phenoxy) is 1. The molecule has 0 aliphatic carbocycles. The fourth-order valence-electron chi connectivity index (χ4n) is 2.11. The van der Waals surface area contributed by atoms with Crippen LogP contribution < -0.4 is 5.73 Å². The maximum atomic E-state index is 11.2. The molecule has 3 rings (SSSR count). The van der Waals surface area contributed by atoms with Gasteiger partial charge in [-0.3, -0.25) is 10.1 Å². The molecule has 0 radical (unpaired) electrons. The van der Waals surface area contributed by atoms with E-state index in [-0.39, 0.29) is 17.4 Å². The van der Waals surface area contributed by atoms with Crippen molar-refractivity contribution in [2.75, 3.05) is 18.9 Å². The van der Waals surface area contributed by atoms with E-state index in [0.29, 0.717) is 29.6 Å². The van der Waals surface area contributed by atoms with Crippen LogP contribution in [0.2, 0.25) is 0 Å². The van der Waals surface area contributed by atoms with Crippen LogP contribution in [0.3, 0.4) is 0 Å². The summed E-state index contributed by atoms with van der Waals surface area (Å²) in [6, 6.07) is 7.06. The van der Waals surface area contributed by atoms with Crippen molar-refractivity contribution < 1.29 is 9.66 Å². The molecule has 1 aromatic carbocycles. The minimum atomic E-state index is -0.547. The van der Waals surface area contributed by atoms with Gasteiger partial charge in [-0.25, -0.2) is 9.98 Å². The molecule has 2 heterocycles. The van der Waals surface area contributed by atoms with Gasteiger partial charge in [0, 0.05) is 5.39 Å². The first kappa shape index (κ1) is 11.4. The number of hydrogen-bond acceptors (Lipinski definition) is 6. The van der Waals surface area contributed by atoms with Crippen LogP contribution in [0.15, 0.2) is 29.3 Å². The van der Waals surface area contributed by atoms with Gasteiger partial charge in [0.05, 0.1) is 17.0 Å². The minimum absolute atomic E-state index is 0.128. The summed E-state index contributed by atoms with van der Waals surface area (Å²) in [6.45, 7) is 0.909. The summed E-state index contributed by atoms with van der Waals surface area (Å²) in [7, 11) is 0. The predicted molar refractivity (Wildman–Crippen MR) is 70.2 cm³/mol. The molecule has 0 atom stereocenters. The van der Waals surface area contributed by atoms with Crippen molar-refractivity contribution in [1.82, 2.24) is 4.98 Å². The van der Waals surface area contributed by atoms with Gasteiger partial charge in [-0.2, -0.15) is 0 Å². The van der Waals surface area contributed by atoms with Crippen LogP contribution in [0.5, 0.6) is 0 Å². The first-order valence-corrected chi connectivity index (χ1v) is 5.68. The van der Waals surface area contributed by atoms with Crippen molar-refractivity contribution in [3.8, 4) is 0 Å². The molecule has 2 N–H and O–H groups in total. The van der Waals surface area contributed by atoms with E-state index in [1.807, 2.05) is 0 Å². The third-order valence-corrected chi connectivity index (χ3v) is 2.88. The van der Waals surface area contributed by atoms with Crippen LogP contribution >= 0.6 is 0 Å². The number of fused-ring (bicyclic) bond motifs is 1. The number of benzene rings is 1. The Morgan fingerprint density at radius 2 is 2.16 bits per heavy atom. The fourth-order valence-corrected chi connectivity index (χ4v) is 2.11. The van der Waals surface area contributed by atoms with E-state index in [1.165, 1.54) is 0 Å². The highest BCUT2D eigenvalue weighted by Crippen LogP contribution is 2.32. The lowest BCUT2D eigenvalue weighted by molar-refractivity contribution is -0.384. The van der Waals surface area contributed by atoms with Gasteiger partial charge in [-0.15, -0.1) is 0 Å². The Kier molecular flexibility index (Phi) is 2.52. The molecule has 0 unspecified atom stereocenters. The van der Waals surface area contributed by atoms with Crippen molar-refractivity contribution in [1.29, 1.82) is 0 Å². The lowest BCUT2D eigenvalue weighted by atomic mass is 10.1. The molecule has 7 heteroatoms. The van der Waals surface area contributed by atoms with Crippen molar-refractivity contribution in [2.24, 2.45) is 4.99 Å². The number of rotatable bonds is 2. The van der Waals surface area contributed by atoms with Gasteiger partial charge >= 0.3 is 5.69 Å². The van der Waals surface area contributed by atoms with Crippen LogP contribution in [0, 0.1) is 10.1 Å². The molecule has 2 aromatic rings. The molecule has 0 saturated carbocycles. The fraction of sp³-hybridized carbons (Fsp3) is 0.167. The van der Waals surface area contributed by atoms with E-state index in [2.05, 4.69) is 9.98 Å². The monoisotopic (exact) mass is 258 g/mol. The Labute approximate surface area is 107 Å². The molecule has 0 fully saturated rings. The van der Waals surface area contributed by atoms with Crippen molar-refractivity contribution >= 4 is 28.3 Å². The molecule has 96 valence electrons.